The molecule has 0 aliphatic carbocycles. The van der Waals surface area contributed by atoms with Crippen molar-refractivity contribution in [1.29, 1.82) is 0 Å². The molecular formula is C10H14N4O2S. The SMILES string of the molecule is Nc1cc([N+](=O)[O-])cc(N2CCCSCC2)n1. The zero-order valence-electron chi connectivity index (χ0n) is 9.33. The Bertz CT molecular complexity index is 419. The number of aromatic nitrogens is 1. The van der Waals surface area contributed by atoms with Crippen LogP contribution in [-0.2, 0) is 0 Å². The summed E-state index contributed by atoms with van der Waals surface area (Å²) in [7, 11) is 0. The first kappa shape index (κ1) is 12.0. The van der Waals surface area contributed by atoms with Gasteiger partial charge in [0.2, 0.25) is 0 Å². The molecule has 1 aromatic rings. The highest BCUT2D eigenvalue weighted by Gasteiger charge is 2.16. The van der Waals surface area contributed by atoms with Gasteiger partial charge >= 0.3 is 0 Å². The normalized spacial score (nSPS) is 16.6. The lowest BCUT2D eigenvalue weighted by molar-refractivity contribution is -0.384. The van der Waals surface area contributed by atoms with Crippen molar-refractivity contribution in [3.63, 3.8) is 0 Å². The van der Waals surface area contributed by atoms with Gasteiger partial charge in [0.25, 0.3) is 5.69 Å². The van der Waals surface area contributed by atoms with Crippen LogP contribution in [0.15, 0.2) is 12.1 Å². The van der Waals surface area contributed by atoms with E-state index in [1.54, 1.807) is 0 Å². The van der Waals surface area contributed by atoms with E-state index in [2.05, 4.69) is 9.88 Å². The number of thioether (sulfide) groups is 1. The highest BCUT2D eigenvalue weighted by molar-refractivity contribution is 7.99. The molecule has 0 unspecified atom stereocenters. The lowest BCUT2D eigenvalue weighted by Gasteiger charge is -2.20. The average molecular weight is 254 g/mol. The monoisotopic (exact) mass is 254 g/mol. The summed E-state index contributed by atoms with van der Waals surface area (Å²) in [5.41, 5.74) is 5.60. The Morgan fingerprint density at radius 1 is 1.41 bits per heavy atom. The Kier molecular flexibility index (Phi) is 3.68. The van der Waals surface area contributed by atoms with Crippen molar-refractivity contribution >= 4 is 29.1 Å². The van der Waals surface area contributed by atoms with Crippen LogP contribution in [0.3, 0.4) is 0 Å². The Hall–Kier alpha value is -1.50. The quantitative estimate of drug-likeness (QED) is 0.636. The van der Waals surface area contributed by atoms with E-state index in [0.717, 1.165) is 31.0 Å². The van der Waals surface area contributed by atoms with Crippen molar-refractivity contribution in [2.45, 2.75) is 6.42 Å². The first-order chi connectivity index (χ1) is 8.16. The summed E-state index contributed by atoms with van der Waals surface area (Å²) >= 11 is 1.89. The predicted molar refractivity (Wildman–Crippen MR) is 69.5 cm³/mol. The van der Waals surface area contributed by atoms with E-state index in [-0.39, 0.29) is 11.5 Å². The third kappa shape index (κ3) is 3.00. The van der Waals surface area contributed by atoms with Crippen molar-refractivity contribution in [1.82, 2.24) is 4.98 Å². The number of anilines is 2. The number of nitrogens with two attached hydrogens (primary N) is 1. The zero-order valence-corrected chi connectivity index (χ0v) is 10.2. The molecule has 0 atom stereocenters. The zero-order chi connectivity index (χ0) is 12.3. The molecule has 7 heteroatoms. The molecule has 2 heterocycles. The minimum Gasteiger partial charge on any atom is -0.383 e. The number of nitrogens with zero attached hydrogens (tertiary/aromatic N) is 3. The summed E-state index contributed by atoms with van der Waals surface area (Å²) in [5.74, 6) is 2.95. The number of hydrogen-bond donors (Lipinski definition) is 1. The van der Waals surface area contributed by atoms with E-state index < -0.39 is 4.92 Å². The molecular weight excluding hydrogens is 240 g/mol. The first-order valence-electron chi connectivity index (χ1n) is 5.41. The van der Waals surface area contributed by atoms with E-state index in [4.69, 9.17) is 5.73 Å². The van der Waals surface area contributed by atoms with Crippen LogP contribution in [-0.4, -0.2) is 34.5 Å². The van der Waals surface area contributed by atoms with Crippen LogP contribution in [0, 0.1) is 10.1 Å². The third-order valence-electron chi connectivity index (χ3n) is 2.57. The molecule has 1 saturated heterocycles. The molecule has 0 aromatic carbocycles. The molecule has 0 radical (unpaired) electrons. The van der Waals surface area contributed by atoms with Gasteiger partial charge in [-0.2, -0.15) is 11.8 Å². The highest BCUT2D eigenvalue weighted by Crippen LogP contribution is 2.23. The topological polar surface area (TPSA) is 85.3 Å². The van der Waals surface area contributed by atoms with Crippen molar-refractivity contribution < 1.29 is 4.92 Å². The van der Waals surface area contributed by atoms with Crippen LogP contribution in [0.25, 0.3) is 0 Å². The van der Waals surface area contributed by atoms with Gasteiger partial charge in [-0.15, -0.1) is 0 Å². The van der Waals surface area contributed by atoms with Crippen LogP contribution in [0.1, 0.15) is 6.42 Å². The van der Waals surface area contributed by atoms with Gasteiger partial charge in [-0.05, 0) is 12.2 Å². The maximum Gasteiger partial charge on any atom is 0.276 e. The molecule has 0 saturated carbocycles. The largest absolute Gasteiger partial charge is 0.383 e. The Balaban J connectivity index is 2.27. The lowest BCUT2D eigenvalue weighted by Crippen LogP contribution is -2.26. The fourth-order valence-corrected chi connectivity index (χ4v) is 2.65. The summed E-state index contributed by atoms with van der Waals surface area (Å²) < 4.78 is 0. The van der Waals surface area contributed by atoms with E-state index >= 15 is 0 Å². The van der Waals surface area contributed by atoms with Crippen molar-refractivity contribution in [2.24, 2.45) is 0 Å². The summed E-state index contributed by atoms with van der Waals surface area (Å²) in [4.78, 5) is 16.5. The van der Waals surface area contributed by atoms with Gasteiger partial charge in [0.05, 0.1) is 17.1 Å². The fraction of sp³-hybridized carbons (Fsp3) is 0.500. The van der Waals surface area contributed by atoms with Gasteiger partial charge in [-0.1, -0.05) is 0 Å². The van der Waals surface area contributed by atoms with Gasteiger partial charge in [-0.3, -0.25) is 10.1 Å². The number of rotatable bonds is 2. The maximum absolute atomic E-state index is 10.8. The summed E-state index contributed by atoms with van der Waals surface area (Å²) in [6.07, 6.45) is 1.06. The van der Waals surface area contributed by atoms with Gasteiger partial charge in [0.15, 0.2) is 0 Å². The van der Waals surface area contributed by atoms with Crippen LogP contribution in [0.4, 0.5) is 17.3 Å². The van der Waals surface area contributed by atoms with Crippen LogP contribution >= 0.6 is 11.8 Å². The Morgan fingerprint density at radius 2 is 2.24 bits per heavy atom. The van der Waals surface area contributed by atoms with E-state index in [1.165, 1.54) is 12.1 Å². The second-order valence-corrected chi connectivity index (χ2v) is 5.04. The predicted octanol–water partition coefficient (Wildman–Crippen LogP) is 1.52. The second-order valence-electron chi connectivity index (χ2n) is 3.82. The summed E-state index contributed by atoms with van der Waals surface area (Å²) in [6.45, 7) is 1.74. The van der Waals surface area contributed by atoms with Gasteiger partial charge in [-0.25, -0.2) is 4.98 Å². The summed E-state index contributed by atoms with van der Waals surface area (Å²) in [6, 6.07) is 2.78. The number of nitrogen functional groups attached to an aromatic ring is 1. The number of hydrogen-bond acceptors (Lipinski definition) is 6. The molecule has 1 fully saturated rings. The molecule has 17 heavy (non-hydrogen) atoms. The molecule has 0 amide bonds. The van der Waals surface area contributed by atoms with E-state index in [1.807, 2.05) is 11.8 Å². The minimum atomic E-state index is -0.436. The van der Waals surface area contributed by atoms with Crippen LogP contribution < -0.4 is 10.6 Å². The average Bonchev–Trinajstić information content (AvgIpc) is 2.56. The number of pyridine rings is 1. The van der Waals surface area contributed by atoms with Crippen molar-refractivity contribution in [2.75, 3.05) is 35.2 Å². The minimum absolute atomic E-state index is 0.00407. The molecule has 0 bridgehead atoms. The Labute approximate surface area is 103 Å². The smallest absolute Gasteiger partial charge is 0.276 e. The molecule has 2 rings (SSSR count). The first-order valence-corrected chi connectivity index (χ1v) is 6.57. The van der Waals surface area contributed by atoms with Gasteiger partial charge in [0.1, 0.15) is 11.6 Å². The van der Waals surface area contributed by atoms with Crippen LogP contribution in [0.5, 0.6) is 0 Å². The fourth-order valence-electron chi connectivity index (χ4n) is 1.76. The lowest BCUT2D eigenvalue weighted by atomic mass is 10.3. The van der Waals surface area contributed by atoms with Crippen molar-refractivity contribution in [3.05, 3.63) is 22.2 Å². The molecule has 0 spiro atoms. The third-order valence-corrected chi connectivity index (χ3v) is 3.62. The highest BCUT2D eigenvalue weighted by atomic mass is 32.2. The standard InChI is InChI=1S/C10H14N4O2S/c11-9-6-8(14(15)16)7-10(12-9)13-2-1-4-17-5-3-13/h6-7H,1-5H2,(H2,11,12). The molecule has 1 aliphatic rings. The molecule has 1 aromatic heterocycles. The van der Waals surface area contributed by atoms with E-state index in [0.29, 0.717) is 5.82 Å². The number of nitro groups is 1. The molecule has 1 aliphatic heterocycles. The molecule has 2 N–H and O–H groups in total. The van der Waals surface area contributed by atoms with E-state index in [9.17, 15) is 10.1 Å². The molecule has 6 nitrogen and oxygen atoms in total. The summed E-state index contributed by atoms with van der Waals surface area (Å²) in [5, 5.41) is 10.8. The second kappa shape index (κ2) is 5.22. The van der Waals surface area contributed by atoms with Crippen LogP contribution in [0.2, 0.25) is 0 Å². The molecule has 92 valence electrons. The van der Waals surface area contributed by atoms with Crippen molar-refractivity contribution in [3.8, 4) is 0 Å². The Morgan fingerprint density at radius 3 is 3.00 bits per heavy atom. The van der Waals surface area contributed by atoms with Gasteiger partial charge < -0.3 is 10.6 Å². The maximum atomic E-state index is 10.8. The van der Waals surface area contributed by atoms with Gasteiger partial charge in [0, 0.05) is 18.8 Å².